The van der Waals surface area contributed by atoms with Crippen molar-refractivity contribution in [3.05, 3.63) is 57.3 Å². The molecule has 1 fully saturated rings. The predicted octanol–water partition coefficient (Wildman–Crippen LogP) is 5.95. The lowest BCUT2D eigenvalue weighted by Crippen LogP contribution is -2.43. The fourth-order valence-corrected chi connectivity index (χ4v) is 6.96. The molecule has 2 aliphatic rings. The molecule has 0 radical (unpaired) electrons. The van der Waals surface area contributed by atoms with Crippen LogP contribution in [0, 0.1) is 16.0 Å². The maximum atomic E-state index is 13.2. The van der Waals surface area contributed by atoms with Gasteiger partial charge in [-0.2, -0.15) is 0 Å². The number of fused-ring (bicyclic) bond motifs is 1. The second-order valence-electron chi connectivity index (χ2n) is 12.0. The molecule has 0 unspecified atom stereocenters. The summed E-state index contributed by atoms with van der Waals surface area (Å²) in [7, 11) is -1.79. The topological polar surface area (TPSA) is 115 Å². The van der Waals surface area contributed by atoms with Crippen LogP contribution in [0.4, 0.5) is 17.3 Å². The molecule has 1 amide bonds. The standard InChI is InChI=1S/C28H36N6O4SSi/c1-28(2,3)40(4,5)38-18-19-10-14-32(15-11-19)23-9-8-21(25(31-23)34(36)37)26-30-22-12-16-33(27(35)24(22)39-26)20-7-6-13-29-17-20/h6-9,13,17,19H,10-12,14-16,18H2,1-5H3. The third-order valence-corrected chi connectivity index (χ3v) is 14.0. The number of hydrogen-bond donors (Lipinski definition) is 0. The maximum Gasteiger partial charge on any atom is 0.376 e. The van der Waals surface area contributed by atoms with Gasteiger partial charge in [-0.05, 0) is 65.0 Å². The molecule has 0 aromatic carbocycles. The monoisotopic (exact) mass is 580 g/mol. The number of nitrogens with zero attached hydrogens (tertiary/aromatic N) is 6. The normalized spacial score (nSPS) is 16.8. The van der Waals surface area contributed by atoms with Crippen LogP contribution >= 0.6 is 11.3 Å². The number of rotatable bonds is 7. The number of carbonyl (C=O) groups excluding carboxylic acids is 1. The summed E-state index contributed by atoms with van der Waals surface area (Å²) in [6, 6.07) is 7.19. The van der Waals surface area contributed by atoms with Crippen molar-refractivity contribution >= 4 is 42.9 Å². The molecule has 3 aromatic heterocycles. The Balaban J connectivity index is 1.30. The van der Waals surface area contributed by atoms with Crippen LogP contribution in [0.25, 0.3) is 10.6 Å². The van der Waals surface area contributed by atoms with Crippen LogP contribution in [0.2, 0.25) is 18.1 Å². The van der Waals surface area contributed by atoms with Crippen LogP contribution < -0.4 is 9.80 Å². The van der Waals surface area contributed by atoms with Crippen molar-refractivity contribution in [2.24, 2.45) is 5.92 Å². The molecule has 40 heavy (non-hydrogen) atoms. The van der Waals surface area contributed by atoms with Crippen LogP contribution in [0.1, 0.15) is 49.0 Å². The summed E-state index contributed by atoms with van der Waals surface area (Å²) in [6.07, 6.45) is 5.81. The van der Waals surface area contributed by atoms with Crippen molar-refractivity contribution < 1.29 is 14.1 Å². The van der Waals surface area contributed by atoms with Crippen LogP contribution in [0.3, 0.4) is 0 Å². The molecule has 0 aliphatic carbocycles. The number of amides is 1. The third kappa shape index (κ3) is 5.65. The zero-order valence-electron chi connectivity index (χ0n) is 23.7. The number of carbonyl (C=O) groups is 1. The highest BCUT2D eigenvalue weighted by atomic mass is 32.1. The van der Waals surface area contributed by atoms with E-state index in [-0.39, 0.29) is 16.8 Å². The highest BCUT2D eigenvalue weighted by Gasteiger charge is 2.38. The van der Waals surface area contributed by atoms with Gasteiger partial charge in [0.15, 0.2) is 8.32 Å². The molecular formula is C28H36N6O4SSi. The van der Waals surface area contributed by atoms with E-state index in [1.807, 2.05) is 12.1 Å². The lowest BCUT2D eigenvalue weighted by molar-refractivity contribution is -0.388. The van der Waals surface area contributed by atoms with Crippen LogP contribution in [0.5, 0.6) is 0 Å². The van der Waals surface area contributed by atoms with E-state index in [1.165, 1.54) is 11.3 Å². The highest BCUT2D eigenvalue weighted by molar-refractivity contribution is 7.17. The minimum absolute atomic E-state index is 0.161. The van der Waals surface area contributed by atoms with Gasteiger partial charge in [0, 0.05) is 44.9 Å². The largest absolute Gasteiger partial charge is 0.417 e. The number of piperidine rings is 1. The molecule has 0 N–H and O–H groups in total. The number of nitro groups is 1. The maximum absolute atomic E-state index is 13.2. The summed E-state index contributed by atoms with van der Waals surface area (Å²) in [6.45, 7) is 14.1. The number of aromatic nitrogens is 3. The fraction of sp³-hybridized carbons (Fsp3) is 0.500. The van der Waals surface area contributed by atoms with Crippen molar-refractivity contribution in [3.8, 4) is 10.6 Å². The minimum atomic E-state index is -1.79. The van der Waals surface area contributed by atoms with Gasteiger partial charge in [-0.15, -0.1) is 11.3 Å². The van der Waals surface area contributed by atoms with Gasteiger partial charge in [0.25, 0.3) is 5.91 Å². The van der Waals surface area contributed by atoms with Crippen molar-refractivity contribution in [3.63, 3.8) is 0 Å². The summed E-state index contributed by atoms with van der Waals surface area (Å²) >= 11 is 1.19. The molecule has 2 aliphatic heterocycles. The predicted molar refractivity (Wildman–Crippen MR) is 160 cm³/mol. The lowest BCUT2D eigenvalue weighted by atomic mass is 9.98. The zero-order chi connectivity index (χ0) is 28.7. The molecule has 12 heteroatoms. The van der Waals surface area contributed by atoms with Gasteiger partial charge in [0.05, 0.1) is 17.6 Å². The average molecular weight is 581 g/mol. The molecule has 3 aromatic rings. The van der Waals surface area contributed by atoms with Gasteiger partial charge in [-0.3, -0.25) is 9.78 Å². The Bertz CT molecular complexity index is 1400. The molecule has 0 spiro atoms. The molecule has 0 atom stereocenters. The van der Waals surface area contributed by atoms with Crippen LogP contribution in [-0.2, 0) is 10.8 Å². The number of thiazole rings is 1. The molecule has 10 nitrogen and oxygen atoms in total. The summed E-state index contributed by atoms with van der Waals surface area (Å²) in [4.78, 5) is 42.4. The summed E-state index contributed by atoms with van der Waals surface area (Å²) in [5.41, 5.74) is 1.73. The molecular weight excluding hydrogens is 544 g/mol. The molecule has 212 valence electrons. The summed E-state index contributed by atoms with van der Waals surface area (Å²) < 4.78 is 6.44. The van der Waals surface area contributed by atoms with E-state index in [1.54, 1.807) is 29.4 Å². The third-order valence-electron chi connectivity index (χ3n) is 8.35. The Morgan fingerprint density at radius 3 is 2.55 bits per heavy atom. The Hall–Kier alpha value is -3.22. The molecule has 1 saturated heterocycles. The number of anilines is 2. The Morgan fingerprint density at radius 2 is 1.90 bits per heavy atom. The van der Waals surface area contributed by atoms with E-state index in [4.69, 9.17) is 4.43 Å². The smallest absolute Gasteiger partial charge is 0.376 e. The van der Waals surface area contributed by atoms with Gasteiger partial charge >= 0.3 is 5.82 Å². The summed E-state index contributed by atoms with van der Waals surface area (Å²) in [5, 5.41) is 12.7. The van der Waals surface area contributed by atoms with Crippen molar-refractivity contribution in [1.82, 2.24) is 15.0 Å². The van der Waals surface area contributed by atoms with Crippen molar-refractivity contribution in [2.45, 2.75) is 58.2 Å². The van der Waals surface area contributed by atoms with E-state index in [0.717, 1.165) is 38.2 Å². The van der Waals surface area contributed by atoms with Crippen LogP contribution in [0.15, 0.2) is 36.7 Å². The van der Waals surface area contributed by atoms with E-state index < -0.39 is 13.2 Å². The Labute approximate surface area is 239 Å². The number of hydrogen-bond acceptors (Lipinski definition) is 9. The highest BCUT2D eigenvalue weighted by Crippen LogP contribution is 2.39. The molecule has 5 rings (SSSR count). The van der Waals surface area contributed by atoms with Gasteiger partial charge in [0.2, 0.25) is 5.82 Å². The first-order valence-electron chi connectivity index (χ1n) is 13.7. The lowest BCUT2D eigenvalue weighted by Gasteiger charge is -2.38. The first-order valence-corrected chi connectivity index (χ1v) is 17.4. The second-order valence-corrected chi connectivity index (χ2v) is 17.8. The van der Waals surface area contributed by atoms with Gasteiger partial charge in [0.1, 0.15) is 15.4 Å². The first kappa shape index (κ1) is 28.3. The second kappa shape index (κ2) is 11.0. The van der Waals surface area contributed by atoms with Crippen LogP contribution in [-0.4, -0.2) is 60.3 Å². The minimum Gasteiger partial charge on any atom is -0.417 e. The van der Waals surface area contributed by atoms with Gasteiger partial charge in [-0.25, -0.2) is 4.98 Å². The average Bonchev–Trinajstić information content (AvgIpc) is 3.37. The molecule has 5 heterocycles. The first-order chi connectivity index (χ1) is 18.9. The SMILES string of the molecule is CC(C)(C)[Si](C)(C)OCC1CCN(c2ccc(-c3nc4c(s3)C(=O)N(c3cccnc3)CC4)c([N+](=O)[O-])n2)CC1. The molecule has 0 saturated carbocycles. The van der Waals surface area contributed by atoms with Gasteiger partial charge < -0.3 is 24.3 Å². The fourth-order valence-electron chi connectivity index (χ4n) is 4.80. The zero-order valence-corrected chi connectivity index (χ0v) is 25.5. The Kier molecular flexibility index (Phi) is 7.77. The van der Waals surface area contributed by atoms with Crippen molar-refractivity contribution in [2.75, 3.05) is 36.0 Å². The quantitative estimate of drug-likeness (QED) is 0.191. The molecule has 0 bridgehead atoms. The number of pyridine rings is 2. The van der Waals surface area contributed by atoms with E-state index in [0.29, 0.717) is 45.8 Å². The van der Waals surface area contributed by atoms with E-state index in [2.05, 4.69) is 53.7 Å². The Morgan fingerprint density at radius 1 is 1.15 bits per heavy atom. The van der Waals surface area contributed by atoms with Crippen molar-refractivity contribution in [1.29, 1.82) is 0 Å². The van der Waals surface area contributed by atoms with Gasteiger partial charge in [-0.1, -0.05) is 20.8 Å². The van der Waals surface area contributed by atoms with E-state index in [9.17, 15) is 14.9 Å². The van der Waals surface area contributed by atoms with E-state index >= 15 is 0 Å². The summed E-state index contributed by atoms with van der Waals surface area (Å²) in [5.74, 6) is 0.679.